The Morgan fingerprint density at radius 3 is 2.64 bits per heavy atom. The van der Waals surface area contributed by atoms with Crippen LogP contribution in [0.1, 0.15) is 44.6 Å². The minimum atomic E-state index is -4.59. The molecular formula is C22H32F3N5O3. The summed E-state index contributed by atoms with van der Waals surface area (Å²) >= 11 is 0. The molecule has 1 aromatic rings. The average molecular weight is 472 g/mol. The number of piperidine rings is 2. The van der Waals surface area contributed by atoms with Gasteiger partial charge in [-0.05, 0) is 38.1 Å². The molecule has 3 aliphatic heterocycles. The molecule has 184 valence electrons. The van der Waals surface area contributed by atoms with Crippen LogP contribution in [-0.2, 0) is 15.7 Å². The summed E-state index contributed by atoms with van der Waals surface area (Å²) in [4.78, 5) is 24.2. The van der Waals surface area contributed by atoms with Gasteiger partial charge < -0.3 is 24.6 Å². The number of amides is 1. The van der Waals surface area contributed by atoms with Crippen molar-refractivity contribution < 1.29 is 27.4 Å². The van der Waals surface area contributed by atoms with Crippen molar-refractivity contribution in [3.8, 4) is 5.88 Å². The lowest BCUT2D eigenvalue weighted by Crippen LogP contribution is -2.46. The Labute approximate surface area is 191 Å². The summed E-state index contributed by atoms with van der Waals surface area (Å²) in [5.41, 5.74) is -0.974. The van der Waals surface area contributed by atoms with Gasteiger partial charge in [0, 0.05) is 44.8 Å². The Morgan fingerprint density at radius 1 is 1.24 bits per heavy atom. The van der Waals surface area contributed by atoms with E-state index in [4.69, 9.17) is 9.47 Å². The highest BCUT2D eigenvalue weighted by Crippen LogP contribution is 2.36. The van der Waals surface area contributed by atoms with E-state index in [0.717, 1.165) is 64.6 Å². The monoisotopic (exact) mass is 471 g/mol. The van der Waals surface area contributed by atoms with Crippen molar-refractivity contribution in [1.82, 2.24) is 19.8 Å². The average Bonchev–Trinajstić information content (AvgIpc) is 2.76. The molecule has 3 aliphatic rings. The first-order valence-corrected chi connectivity index (χ1v) is 11.8. The second kappa shape index (κ2) is 10.4. The van der Waals surface area contributed by atoms with E-state index in [9.17, 15) is 18.0 Å². The molecule has 0 saturated carbocycles. The van der Waals surface area contributed by atoms with Crippen LogP contribution in [0.4, 0.5) is 19.1 Å². The standard InChI is InChI=1S/C22H32F3N5O3/c1-2-19(31)30-8-5-15(6-9-30)11-29-7-3-4-16(12-29)27-21-26-10-18(22(23,24)25)20(28-21)33-17-13-32-14-17/h10,15-17H,2-9,11-14H2,1H3,(H,26,27,28)/t16-/m1/s1. The first-order valence-electron chi connectivity index (χ1n) is 11.8. The molecular weight excluding hydrogens is 439 g/mol. The lowest BCUT2D eigenvalue weighted by atomic mass is 9.94. The molecule has 0 bridgehead atoms. The molecule has 4 heterocycles. The summed E-state index contributed by atoms with van der Waals surface area (Å²) in [6.45, 7) is 6.80. The number of likely N-dealkylation sites (tertiary alicyclic amines) is 2. The van der Waals surface area contributed by atoms with Crippen LogP contribution >= 0.6 is 0 Å². The summed E-state index contributed by atoms with van der Waals surface area (Å²) < 4.78 is 50.4. The summed E-state index contributed by atoms with van der Waals surface area (Å²) in [6, 6.07) is 0.0529. The van der Waals surface area contributed by atoms with Crippen LogP contribution in [0.3, 0.4) is 0 Å². The Hall–Kier alpha value is -2.14. The van der Waals surface area contributed by atoms with E-state index in [-0.39, 0.29) is 31.1 Å². The highest BCUT2D eigenvalue weighted by molar-refractivity contribution is 5.75. The van der Waals surface area contributed by atoms with E-state index in [1.165, 1.54) is 0 Å². The Kier molecular flexibility index (Phi) is 7.58. The molecule has 0 aromatic carbocycles. The predicted molar refractivity (Wildman–Crippen MR) is 115 cm³/mol. The molecule has 0 unspecified atom stereocenters. The van der Waals surface area contributed by atoms with Crippen molar-refractivity contribution in [2.24, 2.45) is 5.92 Å². The van der Waals surface area contributed by atoms with E-state index in [1.54, 1.807) is 0 Å². The molecule has 3 fully saturated rings. The quantitative estimate of drug-likeness (QED) is 0.655. The van der Waals surface area contributed by atoms with Crippen molar-refractivity contribution in [3.63, 3.8) is 0 Å². The van der Waals surface area contributed by atoms with Crippen molar-refractivity contribution in [3.05, 3.63) is 11.8 Å². The van der Waals surface area contributed by atoms with Gasteiger partial charge in [0.05, 0.1) is 13.2 Å². The van der Waals surface area contributed by atoms with Crippen LogP contribution < -0.4 is 10.1 Å². The normalized spacial score (nSPS) is 23.3. The van der Waals surface area contributed by atoms with Gasteiger partial charge in [0.1, 0.15) is 11.7 Å². The number of aromatic nitrogens is 2. The number of nitrogens with zero attached hydrogens (tertiary/aromatic N) is 4. The van der Waals surface area contributed by atoms with E-state index in [1.807, 2.05) is 11.8 Å². The van der Waals surface area contributed by atoms with Gasteiger partial charge in [-0.2, -0.15) is 18.2 Å². The van der Waals surface area contributed by atoms with E-state index in [0.29, 0.717) is 12.3 Å². The molecule has 11 heteroatoms. The molecule has 8 nitrogen and oxygen atoms in total. The summed E-state index contributed by atoms with van der Waals surface area (Å²) in [7, 11) is 0. The molecule has 0 spiro atoms. The van der Waals surface area contributed by atoms with Gasteiger partial charge in [0.25, 0.3) is 0 Å². The molecule has 1 N–H and O–H groups in total. The van der Waals surface area contributed by atoms with Gasteiger partial charge in [0.15, 0.2) is 0 Å². The Bertz CT molecular complexity index is 813. The van der Waals surface area contributed by atoms with Crippen LogP contribution in [0.5, 0.6) is 5.88 Å². The molecule has 33 heavy (non-hydrogen) atoms. The van der Waals surface area contributed by atoms with Crippen LogP contribution in [0.15, 0.2) is 6.20 Å². The molecule has 4 rings (SSSR count). The molecule has 1 aromatic heterocycles. The largest absolute Gasteiger partial charge is 0.469 e. The highest BCUT2D eigenvalue weighted by atomic mass is 19.4. The summed E-state index contributed by atoms with van der Waals surface area (Å²) in [6.07, 6.45) is 0.246. The Balaban J connectivity index is 1.32. The number of hydrogen-bond donors (Lipinski definition) is 1. The fourth-order valence-electron chi connectivity index (χ4n) is 4.64. The van der Waals surface area contributed by atoms with E-state index >= 15 is 0 Å². The first-order chi connectivity index (χ1) is 15.8. The molecule has 0 aliphatic carbocycles. The third-order valence-corrected chi connectivity index (χ3v) is 6.57. The van der Waals surface area contributed by atoms with Crippen molar-refractivity contribution in [2.75, 3.05) is 51.3 Å². The van der Waals surface area contributed by atoms with Gasteiger partial charge in [-0.15, -0.1) is 0 Å². The number of halogens is 3. The van der Waals surface area contributed by atoms with Crippen molar-refractivity contribution >= 4 is 11.9 Å². The van der Waals surface area contributed by atoms with Gasteiger partial charge in [-0.1, -0.05) is 6.92 Å². The maximum atomic E-state index is 13.3. The molecule has 0 radical (unpaired) electrons. The minimum Gasteiger partial charge on any atom is -0.469 e. The van der Waals surface area contributed by atoms with Gasteiger partial charge in [-0.3, -0.25) is 4.79 Å². The van der Waals surface area contributed by atoms with Crippen LogP contribution in [0, 0.1) is 5.92 Å². The number of carbonyl (C=O) groups is 1. The fraction of sp³-hybridized carbons (Fsp3) is 0.773. The molecule has 1 amide bonds. The SMILES string of the molecule is CCC(=O)N1CCC(CN2CCC[C@@H](Nc3ncc(C(F)(F)F)c(OC4COC4)n3)C2)CC1. The van der Waals surface area contributed by atoms with Crippen molar-refractivity contribution in [2.45, 2.75) is 57.3 Å². The fourth-order valence-corrected chi connectivity index (χ4v) is 4.64. The molecule has 3 saturated heterocycles. The maximum Gasteiger partial charge on any atom is 0.423 e. The third-order valence-electron chi connectivity index (χ3n) is 6.57. The number of carbonyl (C=O) groups excluding carboxylic acids is 1. The number of nitrogens with one attached hydrogen (secondary N) is 1. The zero-order chi connectivity index (χ0) is 23.4. The predicted octanol–water partition coefficient (Wildman–Crippen LogP) is 2.80. The van der Waals surface area contributed by atoms with Crippen LogP contribution in [0.2, 0.25) is 0 Å². The van der Waals surface area contributed by atoms with E-state index in [2.05, 4.69) is 20.2 Å². The topological polar surface area (TPSA) is 79.8 Å². The van der Waals surface area contributed by atoms with E-state index < -0.39 is 23.7 Å². The summed E-state index contributed by atoms with van der Waals surface area (Å²) in [5, 5.41) is 3.21. The summed E-state index contributed by atoms with van der Waals surface area (Å²) in [5.74, 6) is 0.475. The third kappa shape index (κ3) is 6.26. The number of rotatable bonds is 7. The number of alkyl halides is 3. The van der Waals surface area contributed by atoms with Gasteiger partial charge in [0.2, 0.25) is 17.7 Å². The zero-order valence-electron chi connectivity index (χ0n) is 18.9. The first kappa shape index (κ1) is 24.0. The van der Waals surface area contributed by atoms with Gasteiger partial charge in [-0.25, -0.2) is 4.98 Å². The number of hydrogen-bond acceptors (Lipinski definition) is 7. The highest BCUT2D eigenvalue weighted by Gasteiger charge is 2.38. The number of ether oxygens (including phenoxy) is 2. The maximum absolute atomic E-state index is 13.3. The Morgan fingerprint density at radius 2 is 2.00 bits per heavy atom. The second-order valence-electron chi connectivity index (χ2n) is 9.11. The van der Waals surface area contributed by atoms with Crippen LogP contribution in [-0.4, -0.2) is 83.8 Å². The zero-order valence-corrected chi connectivity index (χ0v) is 18.9. The second-order valence-corrected chi connectivity index (χ2v) is 9.11. The number of anilines is 1. The lowest BCUT2D eigenvalue weighted by molar-refractivity contribution is -0.142. The van der Waals surface area contributed by atoms with Crippen LogP contribution in [0.25, 0.3) is 0 Å². The van der Waals surface area contributed by atoms with Crippen molar-refractivity contribution in [1.29, 1.82) is 0 Å². The minimum absolute atomic E-state index is 0.0529. The van der Waals surface area contributed by atoms with Gasteiger partial charge >= 0.3 is 6.18 Å². The molecule has 1 atom stereocenters. The lowest BCUT2D eigenvalue weighted by Gasteiger charge is -2.38. The smallest absolute Gasteiger partial charge is 0.423 e.